The summed E-state index contributed by atoms with van der Waals surface area (Å²) in [6, 6.07) is 3.96. The molecule has 1 heterocycles. The van der Waals surface area contributed by atoms with Crippen LogP contribution in [0.5, 0.6) is 0 Å². The number of hydrogen-bond donors (Lipinski definition) is 2. The van der Waals surface area contributed by atoms with Crippen LogP contribution in [0.15, 0.2) is 18.2 Å². The zero-order valence-corrected chi connectivity index (χ0v) is 9.86. The van der Waals surface area contributed by atoms with E-state index in [1.807, 2.05) is 0 Å². The van der Waals surface area contributed by atoms with Crippen LogP contribution in [-0.4, -0.2) is 18.9 Å². The summed E-state index contributed by atoms with van der Waals surface area (Å²) in [4.78, 5) is 11.7. The lowest BCUT2D eigenvalue weighted by Gasteiger charge is -2.02. The second kappa shape index (κ2) is 4.85. The SMILES string of the molecule is Nc1c(C(=O)NCC(F)F)sc2ccc(F)cc12. The molecule has 0 radical (unpaired) electrons. The number of rotatable bonds is 3. The second-order valence-corrected chi connectivity index (χ2v) is 4.64. The van der Waals surface area contributed by atoms with Crippen molar-refractivity contribution >= 4 is 33.0 Å². The first kappa shape index (κ1) is 12.7. The van der Waals surface area contributed by atoms with Gasteiger partial charge in [0.2, 0.25) is 0 Å². The number of nitrogen functional groups attached to an aromatic ring is 1. The lowest BCUT2D eigenvalue weighted by molar-refractivity contribution is 0.0896. The standard InChI is InChI=1S/C11H9F3N2OS/c12-5-1-2-7-6(3-5)9(15)10(18-7)11(17)16-4-8(13)14/h1-3,8H,4,15H2,(H,16,17). The van der Waals surface area contributed by atoms with Crippen molar-refractivity contribution in [3.8, 4) is 0 Å². The number of anilines is 1. The van der Waals surface area contributed by atoms with Crippen LogP contribution in [0, 0.1) is 5.82 Å². The molecule has 1 aromatic carbocycles. The van der Waals surface area contributed by atoms with E-state index < -0.39 is 24.7 Å². The number of amides is 1. The van der Waals surface area contributed by atoms with Gasteiger partial charge in [-0.25, -0.2) is 13.2 Å². The molecular weight excluding hydrogens is 265 g/mol. The number of hydrogen-bond acceptors (Lipinski definition) is 3. The minimum absolute atomic E-state index is 0.112. The highest BCUT2D eigenvalue weighted by Gasteiger charge is 2.17. The molecule has 2 aromatic rings. The van der Waals surface area contributed by atoms with E-state index >= 15 is 0 Å². The molecule has 0 fully saturated rings. The Labute approximate surface area is 104 Å². The number of nitrogens with two attached hydrogens (primary N) is 1. The normalized spacial score (nSPS) is 11.1. The number of alkyl halides is 2. The predicted octanol–water partition coefficient (Wildman–Crippen LogP) is 2.62. The molecule has 0 unspecified atom stereocenters. The Bertz CT molecular complexity index is 597. The molecule has 0 saturated heterocycles. The van der Waals surface area contributed by atoms with Crippen molar-refractivity contribution in [3.63, 3.8) is 0 Å². The van der Waals surface area contributed by atoms with Crippen LogP contribution in [-0.2, 0) is 0 Å². The Balaban J connectivity index is 2.34. The highest BCUT2D eigenvalue weighted by Crippen LogP contribution is 2.33. The molecule has 0 saturated carbocycles. The van der Waals surface area contributed by atoms with Crippen LogP contribution >= 0.6 is 11.3 Å². The van der Waals surface area contributed by atoms with Gasteiger partial charge >= 0.3 is 0 Å². The number of fused-ring (bicyclic) bond motifs is 1. The van der Waals surface area contributed by atoms with Crippen molar-refractivity contribution in [1.29, 1.82) is 0 Å². The van der Waals surface area contributed by atoms with Crippen molar-refractivity contribution < 1.29 is 18.0 Å². The molecule has 0 spiro atoms. The summed E-state index contributed by atoms with van der Waals surface area (Å²) in [6.45, 7) is -0.735. The largest absolute Gasteiger partial charge is 0.397 e. The topological polar surface area (TPSA) is 55.1 Å². The summed E-state index contributed by atoms with van der Waals surface area (Å²) in [5, 5.41) is 2.48. The monoisotopic (exact) mass is 274 g/mol. The molecule has 96 valence electrons. The van der Waals surface area contributed by atoms with Gasteiger partial charge in [-0.1, -0.05) is 0 Å². The maximum absolute atomic E-state index is 13.0. The molecule has 0 aliphatic heterocycles. The molecule has 18 heavy (non-hydrogen) atoms. The molecule has 1 amide bonds. The van der Waals surface area contributed by atoms with Gasteiger partial charge in [-0.05, 0) is 18.2 Å². The molecule has 7 heteroatoms. The Hall–Kier alpha value is -1.76. The maximum atomic E-state index is 13.0. The summed E-state index contributed by atoms with van der Waals surface area (Å²) in [5.74, 6) is -1.14. The number of thiophene rings is 1. The van der Waals surface area contributed by atoms with Gasteiger partial charge in [0.05, 0.1) is 12.2 Å². The molecule has 0 aliphatic carbocycles. The van der Waals surface area contributed by atoms with Crippen molar-refractivity contribution in [3.05, 3.63) is 28.9 Å². The highest BCUT2D eigenvalue weighted by atomic mass is 32.1. The fraction of sp³-hybridized carbons (Fsp3) is 0.182. The molecule has 1 aromatic heterocycles. The maximum Gasteiger partial charge on any atom is 0.263 e. The Morgan fingerprint density at radius 2 is 2.17 bits per heavy atom. The Kier molecular flexibility index (Phi) is 3.42. The van der Waals surface area contributed by atoms with Crippen LogP contribution in [0.3, 0.4) is 0 Å². The molecule has 3 nitrogen and oxygen atoms in total. The van der Waals surface area contributed by atoms with Crippen LogP contribution in [0.4, 0.5) is 18.9 Å². The summed E-state index contributed by atoms with van der Waals surface area (Å²) in [5.41, 5.74) is 5.82. The molecular formula is C11H9F3N2OS. The van der Waals surface area contributed by atoms with Gasteiger partial charge in [0.15, 0.2) is 0 Å². The minimum atomic E-state index is -2.62. The van der Waals surface area contributed by atoms with Gasteiger partial charge < -0.3 is 11.1 Å². The quantitative estimate of drug-likeness (QED) is 0.904. The zero-order valence-electron chi connectivity index (χ0n) is 9.04. The van der Waals surface area contributed by atoms with E-state index in [1.54, 1.807) is 0 Å². The number of benzene rings is 1. The summed E-state index contributed by atoms with van der Waals surface area (Å²) >= 11 is 1.04. The van der Waals surface area contributed by atoms with Gasteiger partial charge in [0.1, 0.15) is 10.7 Å². The van der Waals surface area contributed by atoms with Crippen molar-refractivity contribution in [2.24, 2.45) is 0 Å². The van der Waals surface area contributed by atoms with Gasteiger partial charge in [0, 0.05) is 10.1 Å². The van der Waals surface area contributed by atoms with E-state index in [1.165, 1.54) is 18.2 Å². The van der Waals surface area contributed by atoms with Crippen LogP contribution < -0.4 is 11.1 Å². The molecule has 0 atom stereocenters. The Morgan fingerprint density at radius 1 is 1.44 bits per heavy atom. The summed E-state index contributed by atoms with van der Waals surface area (Å²) in [7, 11) is 0. The lowest BCUT2D eigenvalue weighted by Crippen LogP contribution is -2.28. The van der Waals surface area contributed by atoms with Gasteiger partial charge in [-0.2, -0.15) is 0 Å². The average Bonchev–Trinajstić information content (AvgIpc) is 2.64. The third-order valence-electron chi connectivity index (χ3n) is 2.31. The summed E-state index contributed by atoms with van der Waals surface area (Å²) in [6.07, 6.45) is -2.62. The predicted molar refractivity (Wildman–Crippen MR) is 64.5 cm³/mol. The van der Waals surface area contributed by atoms with Gasteiger partial charge in [0.25, 0.3) is 12.3 Å². The van der Waals surface area contributed by atoms with Crippen molar-refractivity contribution in [2.75, 3.05) is 12.3 Å². The van der Waals surface area contributed by atoms with E-state index in [2.05, 4.69) is 5.32 Å². The highest BCUT2D eigenvalue weighted by molar-refractivity contribution is 7.21. The number of carbonyl (C=O) groups is 1. The first-order chi connectivity index (χ1) is 8.49. The van der Waals surface area contributed by atoms with E-state index in [0.29, 0.717) is 10.1 Å². The smallest absolute Gasteiger partial charge is 0.263 e. The fourth-order valence-corrected chi connectivity index (χ4v) is 2.53. The van der Waals surface area contributed by atoms with E-state index in [4.69, 9.17) is 5.73 Å². The van der Waals surface area contributed by atoms with Crippen LogP contribution in [0.2, 0.25) is 0 Å². The first-order valence-electron chi connectivity index (χ1n) is 5.03. The average molecular weight is 274 g/mol. The van der Waals surface area contributed by atoms with E-state index in [0.717, 1.165) is 11.3 Å². The van der Waals surface area contributed by atoms with Crippen LogP contribution in [0.1, 0.15) is 9.67 Å². The third-order valence-corrected chi connectivity index (χ3v) is 3.50. The number of nitrogens with one attached hydrogen (secondary N) is 1. The zero-order chi connectivity index (χ0) is 13.3. The number of halogens is 3. The second-order valence-electron chi connectivity index (χ2n) is 3.59. The molecule has 2 rings (SSSR count). The molecule has 0 aliphatic rings. The Morgan fingerprint density at radius 3 is 2.83 bits per heavy atom. The first-order valence-corrected chi connectivity index (χ1v) is 5.84. The molecule has 0 bridgehead atoms. The summed E-state index contributed by atoms with van der Waals surface area (Å²) < 4.78 is 37.6. The fourth-order valence-electron chi connectivity index (χ4n) is 1.51. The van der Waals surface area contributed by atoms with Crippen molar-refractivity contribution in [2.45, 2.75) is 6.43 Å². The van der Waals surface area contributed by atoms with Crippen LogP contribution in [0.25, 0.3) is 10.1 Å². The van der Waals surface area contributed by atoms with Crippen molar-refractivity contribution in [1.82, 2.24) is 5.32 Å². The van der Waals surface area contributed by atoms with E-state index in [-0.39, 0.29) is 10.6 Å². The molecule has 3 N–H and O–H groups in total. The van der Waals surface area contributed by atoms with Gasteiger partial charge in [-0.3, -0.25) is 4.79 Å². The van der Waals surface area contributed by atoms with Gasteiger partial charge in [-0.15, -0.1) is 11.3 Å². The number of carbonyl (C=O) groups excluding carboxylic acids is 1. The third kappa shape index (κ3) is 2.40. The van der Waals surface area contributed by atoms with E-state index in [9.17, 15) is 18.0 Å². The lowest BCUT2D eigenvalue weighted by atomic mass is 10.2. The minimum Gasteiger partial charge on any atom is -0.397 e.